The summed E-state index contributed by atoms with van der Waals surface area (Å²) in [6.07, 6.45) is 1.14. The summed E-state index contributed by atoms with van der Waals surface area (Å²) in [6.45, 7) is 7.94. The summed E-state index contributed by atoms with van der Waals surface area (Å²) in [5.41, 5.74) is 1.87. The molecule has 1 rings (SSSR count). The van der Waals surface area contributed by atoms with E-state index in [4.69, 9.17) is 4.74 Å². The van der Waals surface area contributed by atoms with Gasteiger partial charge >= 0.3 is 0 Å². The van der Waals surface area contributed by atoms with E-state index in [0.717, 1.165) is 30.0 Å². The van der Waals surface area contributed by atoms with E-state index in [1.54, 1.807) is 0 Å². The van der Waals surface area contributed by atoms with Crippen molar-refractivity contribution in [2.45, 2.75) is 33.8 Å². The maximum Gasteiger partial charge on any atom is 0.124 e. The normalized spacial score (nSPS) is 10.6. The summed E-state index contributed by atoms with van der Waals surface area (Å²) in [6, 6.07) is 5.85. The second-order valence-electron chi connectivity index (χ2n) is 4.52. The monoisotopic (exact) mass is 237 g/mol. The first kappa shape index (κ1) is 13.8. The average Bonchev–Trinajstić information content (AvgIpc) is 2.30. The van der Waals surface area contributed by atoms with Crippen molar-refractivity contribution in [1.29, 1.82) is 0 Å². The first-order chi connectivity index (χ1) is 8.17. The molecule has 0 bridgehead atoms. The van der Waals surface area contributed by atoms with Gasteiger partial charge in [0.25, 0.3) is 0 Å². The van der Waals surface area contributed by atoms with Gasteiger partial charge in [0.15, 0.2) is 0 Å². The van der Waals surface area contributed by atoms with Gasteiger partial charge in [-0.2, -0.15) is 0 Å². The Morgan fingerprint density at radius 2 is 2.12 bits per heavy atom. The summed E-state index contributed by atoms with van der Waals surface area (Å²) in [5.74, 6) is 1.46. The molecule has 0 aromatic heterocycles. The summed E-state index contributed by atoms with van der Waals surface area (Å²) in [5, 5.41) is 12.6. The molecule has 0 atom stereocenters. The van der Waals surface area contributed by atoms with E-state index in [-0.39, 0.29) is 6.61 Å². The number of rotatable bonds is 7. The van der Waals surface area contributed by atoms with E-state index >= 15 is 0 Å². The van der Waals surface area contributed by atoms with Crippen LogP contribution in [0.25, 0.3) is 0 Å². The second kappa shape index (κ2) is 7.17. The third-order valence-corrected chi connectivity index (χ3v) is 2.58. The topological polar surface area (TPSA) is 41.5 Å². The minimum absolute atomic E-state index is 0.00896. The molecule has 3 nitrogen and oxygen atoms in total. The van der Waals surface area contributed by atoms with Crippen LogP contribution in [0.2, 0.25) is 0 Å². The Morgan fingerprint density at radius 3 is 2.71 bits per heavy atom. The Hall–Kier alpha value is -1.22. The van der Waals surface area contributed by atoms with Gasteiger partial charge < -0.3 is 15.2 Å². The van der Waals surface area contributed by atoms with Crippen LogP contribution in [-0.4, -0.2) is 18.3 Å². The fourth-order valence-electron chi connectivity index (χ4n) is 1.61. The highest BCUT2D eigenvalue weighted by Crippen LogP contribution is 2.23. The molecular weight excluding hydrogens is 214 g/mol. The quantitative estimate of drug-likeness (QED) is 0.766. The van der Waals surface area contributed by atoms with Crippen LogP contribution in [0, 0.1) is 5.92 Å². The summed E-state index contributed by atoms with van der Waals surface area (Å²) < 4.78 is 5.44. The van der Waals surface area contributed by atoms with Crippen molar-refractivity contribution in [2.24, 2.45) is 5.92 Å². The molecule has 0 unspecified atom stereocenters. The number of aliphatic hydroxyl groups is 1. The summed E-state index contributed by atoms with van der Waals surface area (Å²) in [4.78, 5) is 0. The Bertz CT molecular complexity index is 337. The zero-order chi connectivity index (χ0) is 12.7. The molecule has 0 heterocycles. The van der Waals surface area contributed by atoms with Crippen LogP contribution < -0.4 is 10.1 Å². The van der Waals surface area contributed by atoms with Gasteiger partial charge in [0.1, 0.15) is 5.75 Å². The van der Waals surface area contributed by atoms with E-state index in [2.05, 4.69) is 19.2 Å². The zero-order valence-corrected chi connectivity index (χ0v) is 11.0. The lowest BCUT2D eigenvalue weighted by Gasteiger charge is -2.12. The lowest BCUT2D eigenvalue weighted by atomic mass is 10.1. The maximum atomic E-state index is 9.28. The number of ether oxygens (including phenoxy) is 1. The molecule has 0 amide bonds. The fourth-order valence-corrected chi connectivity index (χ4v) is 1.61. The predicted molar refractivity (Wildman–Crippen MR) is 71.5 cm³/mol. The lowest BCUT2D eigenvalue weighted by Crippen LogP contribution is -2.05. The van der Waals surface area contributed by atoms with E-state index in [1.165, 1.54) is 0 Å². The van der Waals surface area contributed by atoms with E-state index in [9.17, 15) is 5.11 Å². The third kappa shape index (κ3) is 4.65. The number of hydrogen-bond donors (Lipinski definition) is 2. The number of anilines is 1. The van der Waals surface area contributed by atoms with Crippen LogP contribution in [0.15, 0.2) is 18.2 Å². The third-order valence-electron chi connectivity index (χ3n) is 2.58. The molecule has 2 N–H and O–H groups in total. The molecule has 0 spiro atoms. The van der Waals surface area contributed by atoms with Crippen LogP contribution >= 0.6 is 0 Å². The van der Waals surface area contributed by atoms with Gasteiger partial charge in [-0.15, -0.1) is 0 Å². The largest absolute Gasteiger partial charge is 0.494 e. The molecule has 1 aromatic carbocycles. The molecule has 0 aliphatic carbocycles. The van der Waals surface area contributed by atoms with Crippen molar-refractivity contribution in [3.8, 4) is 5.75 Å². The number of nitrogens with one attached hydrogen (secondary N) is 1. The number of hydrogen-bond acceptors (Lipinski definition) is 3. The smallest absolute Gasteiger partial charge is 0.124 e. The molecule has 96 valence electrons. The molecule has 3 heteroatoms. The van der Waals surface area contributed by atoms with Gasteiger partial charge in [-0.05, 0) is 37.5 Å². The SMILES string of the molecule is CCOc1ccc(NCCC(C)C)cc1CO. The molecule has 0 fully saturated rings. The van der Waals surface area contributed by atoms with Gasteiger partial charge in [0.05, 0.1) is 13.2 Å². The summed E-state index contributed by atoms with van der Waals surface area (Å²) in [7, 11) is 0. The van der Waals surface area contributed by atoms with Crippen molar-refractivity contribution < 1.29 is 9.84 Å². The highest BCUT2D eigenvalue weighted by Gasteiger charge is 2.04. The Kier molecular flexibility index (Phi) is 5.84. The van der Waals surface area contributed by atoms with Gasteiger partial charge in [-0.3, -0.25) is 0 Å². The van der Waals surface area contributed by atoms with Crippen LogP contribution in [0.4, 0.5) is 5.69 Å². The molecule has 1 aromatic rings. The van der Waals surface area contributed by atoms with Crippen molar-refractivity contribution in [3.05, 3.63) is 23.8 Å². The number of aliphatic hydroxyl groups excluding tert-OH is 1. The fraction of sp³-hybridized carbons (Fsp3) is 0.571. The van der Waals surface area contributed by atoms with E-state index < -0.39 is 0 Å². The van der Waals surface area contributed by atoms with Gasteiger partial charge in [-0.25, -0.2) is 0 Å². The predicted octanol–water partition coefficient (Wildman–Crippen LogP) is 3.04. The molecule has 0 aliphatic rings. The molecule has 17 heavy (non-hydrogen) atoms. The van der Waals surface area contributed by atoms with Gasteiger partial charge in [-0.1, -0.05) is 13.8 Å². The Morgan fingerprint density at radius 1 is 1.35 bits per heavy atom. The highest BCUT2D eigenvalue weighted by atomic mass is 16.5. The number of benzene rings is 1. The minimum Gasteiger partial charge on any atom is -0.494 e. The molecule has 0 radical (unpaired) electrons. The van der Waals surface area contributed by atoms with Gasteiger partial charge in [0, 0.05) is 17.8 Å². The Labute approximate surface area is 104 Å². The molecular formula is C14H23NO2. The molecule has 0 saturated heterocycles. The maximum absolute atomic E-state index is 9.28. The standard InChI is InChI=1S/C14H23NO2/c1-4-17-14-6-5-13(9-12(14)10-16)15-8-7-11(2)3/h5-6,9,11,15-16H,4,7-8,10H2,1-3H3. The van der Waals surface area contributed by atoms with Crippen LogP contribution in [0.5, 0.6) is 5.75 Å². The first-order valence-electron chi connectivity index (χ1n) is 6.27. The van der Waals surface area contributed by atoms with Gasteiger partial charge in [0.2, 0.25) is 0 Å². The lowest BCUT2D eigenvalue weighted by molar-refractivity contribution is 0.267. The minimum atomic E-state index is 0.00896. The Balaban J connectivity index is 2.62. The van der Waals surface area contributed by atoms with E-state index in [1.807, 2.05) is 25.1 Å². The molecule has 0 aliphatic heterocycles. The zero-order valence-electron chi connectivity index (χ0n) is 11.0. The first-order valence-corrected chi connectivity index (χ1v) is 6.27. The highest BCUT2D eigenvalue weighted by molar-refractivity contribution is 5.51. The van der Waals surface area contributed by atoms with Crippen LogP contribution in [-0.2, 0) is 6.61 Å². The van der Waals surface area contributed by atoms with Crippen LogP contribution in [0.3, 0.4) is 0 Å². The summed E-state index contributed by atoms with van der Waals surface area (Å²) >= 11 is 0. The van der Waals surface area contributed by atoms with Crippen molar-refractivity contribution in [3.63, 3.8) is 0 Å². The van der Waals surface area contributed by atoms with E-state index in [0.29, 0.717) is 12.5 Å². The van der Waals surface area contributed by atoms with Crippen LogP contribution in [0.1, 0.15) is 32.8 Å². The van der Waals surface area contributed by atoms with Crippen molar-refractivity contribution in [1.82, 2.24) is 0 Å². The average molecular weight is 237 g/mol. The second-order valence-corrected chi connectivity index (χ2v) is 4.52. The molecule has 0 saturated carbocycles. The van der Waals surface area contributed by atoms with Crippen molar-refractivity contribution >= 4 is 5.69 Å². The van der Waals surface area contributed by atoms with Crippen molar-refractivity contribution in [2.75, 3.05) is 18.5 Å².